The second-order valence-electron chi connectivity index (χ2n) is 11.0. The van der Waals surface area contributed by atoms with Crippen LogP contribution in [0.4, 0.5) is 0 Å². The smallest absolute Gasteiger partial charge is 0.126 e. The molecule has 0 unspecified atom stereocenters. The highest BCUT2D eigenvalue weighted by Gasteiger charge is 2.33. The minimum Gasteiger partial charge on any atom is -0.508 e. The molecular formula is C34H43NO2. The molecule has 2 aliphatic heterocycles. The third kappa shape index (κ3) is 6.96. The van der Waals surface area contributed by atoms with Crippen molar-refractivity contribution in [2.75, 3.05) is 26.2 Å². The lowest BCUT2D eigenvalue weighted by Gasteiger charge is -2.34. The standard InChI is InChI=1S/C34H43NO2/c36-30-20-21-31-33(25-30)37-26-32(28-14-8-6-9-15-28)34(31)29-18-16-27(17-19-29)13-7-4-2-1-3-5-10-22-35-23-11-12-24-35/h6,8-9,14-21,25,32,34,36H,1-5,7,10-13,22-24,26H2/t32-,34-/m0/s1. The molecule has 2 heterocycles. The summed E-state index contributed by atoms with van der Waals surface area (Å²) in [5.41, 5.74) is 5.21. The lowest BCUT2D eigenvalue weighted by molar-refractivity contribution is 0.248. The van der Waals surface area contributed by atoms with Crippen molar-refractivity contribution in [3.8, 4) is 11.5 Å². The Hall–Kier alpha value is -2.78. The number of benzene rings is 3. The van der Waals surface area contributed by atoms with Crippen LogP contribution < -0.4 is 4.74 Å². The molecule has 0 amide bonds. The van der Waals surface area contributed by atoms with E-state index in [1.165, 1.54) is 94.1 Å². The van der Waals surface area contributed by atoms with Gasteiger partial charge in [0.1, 0.15) is 11.5 Å². The predicted octanol–water partition coefficient (Wildman–Crippen LogP) is 8.07. The Labute approximate surface area is 223 Å². The Balaban J connectivity index is 1.12. The quantitative estimate of drug-likeness (QED) is 0.257. The summed E-state index contributed by atoms with van der Waals surface area (Å²) >= 11 is 0. The Morgan fingerprint density at radius 3 is 2.19 bits per heavy atom. The molecule has 1 saturated heterocycles. The molecule has 37 heavy (non-hydrogen) atoms. The zero-order valence-electron chi connectivity index (χ0n) is 22.3. The first kappa shape index (κ1) is 25.9. The first-order chi connectivity index (χ1) is 18.3. The molecule has 196 valence electrons. The molecule has 0 aromatic heterocycles. The zero-order valence-corrected chi connectivity index (χ0v) is 22.3. The maximum Gasteiger partial charge on any atom is 0.126 e. The number of aryl methyl sites for hydroxylation is 1. The summed E-state index contributed by atoms with van der Waals surface area (Å²) < 4.78 is 6.11. The van der Waals surface area contributed by atoms with E-state index in [0.29, 0.717) is 6.61 Å². The number of fused-ring (bicyclic) bond motifs is 1. The van der Waals surface area contributed by atoms with Crippen LogP contribution in [0.5, 0.6) is 11.5 Å². The van der Waals surface area contributed by atoms with Gasteiger partial charge in [0.15, 0.2) is 0 Å². The number of likely N-dealkylation sites (tertiary alicyclic amines) is 1. The number of phenols is 1. The summed E-state index contributed by atoms with van der Waals surface area (Å²) in [5.74, 6) is 1.52. The van der Waals surface area contributed by atoms with Gasteiger partial charge >= 0.3 is 0 Å². The van der Waals surface area contributed by atoms with Crippen molar-refractivity contribution in [3.05, 3.63) is 95.1 Å². The Morgan fingerprint density at radius 2 is 1.43 bits per heavy atom. The van der Waals surface area contributed by atoms with Crippen molar-refractivity contribution >= 4 is 0 Å². The first-order valence-electron chi connectivity index (χ1n) is 14.6. The number of hydrogen-bond donors (Lipinski definition) is 1. The molecule has 0 bridgehead atoms. The van der Waals surface area contributed by atoms with E-state index >= 15 is 0 Å². The average molecular weight is 498 g/mol. The normalized spacial score (nSPS) is 19.5. The Bertz CT molecular complexity index is 1090. The third-order valence-electron chi connectivity index (χ3n) is 8.36. The van der Waals surface area contributed by atoms with Gasteiger partial charge in [-0.25, -0.2) is 0 Å². The van der Waals surface area contributed by atoms with Crippen LogP contribution in [-0.4, -0.2) is 36.2 Å². The van der Waals surface area contributed by atoms with E-state index in [-0.39, 0.29) is 17.6 Å². The second kappa shape index (κ2) is 13.1. The van der Waals surface area contributed by atoms with Crippen LogP contribution >= 0.6 is 0 Å². The van der Waals surface area contributed by atoms with E-state index in [2.05, 4.69) is 59.5 Å². The zero-order chi connectivity index (χ0) is 25.3. The topological polar surface area (TPSA) is 32.7 Å². The van der Waals surface area contributed by atoms with E-state index < -0.39 is 0 Å². The largest absolute Gasteiger partial charge is 0.508 e. The molecule has 1 N–H and O–H groups in total. The lowest BCUT2D eigenvalue weighted by atomic mass is 9.75. The molecule has 3 aromatic rings. The summed E-state index contributed by atoms with van der Waals surface area (Å²) in [5, 5.41) is 10.00. The van der Waals surface area contributed by atoms with Gasteiger partial charge in [-0.1, -0.05) is 92.8 Å². The number of rotatable bonds is 12. The number of unbranched alkanes of at least 4 members (excludes halogenated alkanes) is 6. The summed E-state index contributed by atoms with van der Waals surface area (Å²) in [6.07, 6.45) is 13.5. The number of nitrogens with zero attached hydrogens (tertiary/aromatic N) is 1. The molecule has 3 nitrogen and oxygen atoms in total. The maximum absolute atomic E-state index is 10.00. The van der Waals surface area contributed by atoms with Crippen LogP contribution in [-0.2, 0) is 6.42 Å². The molecule has 5 rings (SSSR count). The van der Waals surface area contributed by atoms with Crippen LogP contribution in [0.1, 0.15) is 91.9 Å². The van der Waals surface area contributed by atoms with Gasteiger partial charge in [0.05, 0.1) is 6.61 Å². The molecule has 0 radical (unpaired) electrons. The fourth-order valence-electron chi connectivity index (χ4n) is 6.24. The minimum atomic E-state index is 0.214. The molecule has 0 spiro atoms. The van der Waals surface area contributed by atoms with E-state index in [9.17, 15) is 5.11 Å². The molecule has 1 fully saturated rings. The van der Waals surface area contributed by atoms with Gasteiger partial charge in [-0.05, 0) is 74.5 Å². The van der Waals surface area contributed by atoms with Gasteiger partial charge < -0.3 is 14.7 Å². The number of ether oxygens (including phenoxy) is 1. The fourth-order valence-corrected chi connectivity index (χ4v) is 6.24. The lowest BCUT2D eigenvalue weighted by Crippen LogP contribution is -2.25. The summed E-state index contributed by atoms with van der Waals surface area (Å²) in [6.45, 7) is 4.61. The SMILES string of the molecule is Oc1ccc2c(c1)OC[C@@H](c1ccccc1)[C@H]2c1ccc(CCCCCCCCCN2CCCC2)cc1. The van der Waals surface area contributed by atoms with Gasteiger partial charge in [0.25, 0.3) is 0 Å². The summed E-state index contributed by atoms with van der Waals surface area (Å²) in [6, 6.07) is 25.5. The van der Waals surface area contributed by atoms with Crippen LogP contribution in [0.15, 0.2) is 72.8 Å². The monoisotopic (exact) mass is 497 g/mol. The highest BCUT2D eigenvalue weighted by atomic mass is 16.5. The van der Waals surface area contributed by atoms with Gasteiger partial charge in [-0.3, -0.25) is 0 Å². The molecule has 0 aliphatic carbocycles. The van der Waals surface area contributed by atoms with Crippen molar-refractivity contribution in [1.29, 1.82) is 0 Å². The maximum atomic E-state index is 10.00. The van der Waals surface area contributed by atoms with Crippen molar-refractivity contribution in [1.82, 2.24) is 4.90 Å². The van der Waals surface area contributed by atoms with Crippen molar-refractivity contribution in [2.45, 2.75) is 76.0 Å². The highest BCUT2D eigenvalue weighted by molar-refractivity contribution is 5.50. The van der Waals surface area contributed by atoms with Crippen molar-refractivity contribution in [3.63, 3.8) is 0 Å². The minimum absolute atomic E-state index is 0.214. The molecule has 2 aliphatic rings. The summed E-state index contributed by atoms with van der Waals surface area (Å²) in [4.78, 5) is 2.64. The van der Waals surface area contributed by atoms with Gasteiger partial charge in [0.2, 0.25) is 0 Å². The number of hydrogen-bond acceptors (Lipinski definition) is 3. The van der Waals surface area contributed by atoms with Crippen LogP contribution in [0.3, 0.4) is 0 Å². The van der Waals surface area contributed by atoms with Gasteiger partial charge in [0, 0.05) is 23.5 Å². The third-order valence-corrected chi connectivity index (χ3v) is 8.36. The van der Waals surface area contributed by atoms with Crippen LogP contribution in [0.2, 0.25) is 0 Å². The average Bonchev–Trinajstić information content (AvgIpc) is 3.46. The van der Waals surface area contributed by atoms with Crippen LogP contribution in [0, 0.1) is 0 Å². The first-order valence-corrected chi connectivity index (χ1v) is 14.6. The molecular weight excluding hydrogens is 454 g/mol. The van der Waals surface area contributed by atoms with E-state index in [4.69, 9.17) is 4.74 Å². The molecule has 3 heteroatoms. The van der Waals surface area contributed by atoms with E-state index in [1.54, 1.807) is 12.1 Å². The Kier molecular flexibility index (Phi) is 9.18. The Morgan fingerprint density at radius 1 is 0.730 bits per heavy atom. The van der Waals surface area contributed by atoms with Crippen LogP contribution in [0.25, 0.3) is 0 Å². The second-order valence-corrected chi connectivity index (χ2v) is 11.0. The van der Waals surface area contributed by atoms with E-state index in [1.807, 2.05) is 6.07 Å². The molecule has 3 aromatic carbocycles. The molecule has 2 atom stereocenters. The van der Waals surface area contributed by atoms with Gasteiger partial charge in [-0.15, -0.1) is 0 Å². The molecule has 0 saturated carbocycles. The summed E-state index contributed by atoms with van der Waals surface area (Å²) in [7, 11) is 0. The highest BCUT2D eigenvalue weighted by Crippen LogP contribution is 2.46. The number of phenolic OH excluding ortho intramolecular Hbond substituents is 1. The predicted molar refractivity (Wildman–Crippen MR) is 153 cm³/mol. The van der Waals surface area contributed by atoms with E-state index in [0.717, 1.165) is 17.7 Å². The van der Waals surface area contributed by atoms with Crippen molar-refractivity contribution < 1.29 is 9.84 Å². The van der Waals surface area contributed by atoms with Gasteiger partial charge in [-0.2, -0.15) is 0 Å². The fraction of sp³-hybridized carbons (Fsp3) is 0.471. The van der Waals surface area contributed by atoms with Crippen molar-refractivity contribution in [2.24, 2.45) is 0 Å². The number of aromatic hydroxyl groups is 1.